The molecule has 1 N–H and O–H groups in total. The molecule has 3 heteroatoms. The molecule has 1 aromatic rings. The SMILES string of the molecule is CCc1ccc(OC)c(OC)c1CCNC. The Morgan fingerprint density at radius 3 is 2.44 bits per heavy atom. The van der Waals surface area contributed by atoms with Gasteiger partial charge in [-0.25, -0.2) is 0 Å². The summed E-state index contributed by atoms with van der Waals surface area (Å²) in [5.74, 6) is 1.68. The summed E-state index contributed by atoms with van der Waals surface area (Å²) in [4.78, 5) is 0. The number of nitrogens with one attached hydrogen (secondary N) is 1. The smallest absolute Gasteiger partial charge is 0.164 e. The van der Waals surface area contributed by atoms with E-state index in [1.165, 1.54) is 11.1 Å². The Morgan fingerprint density at radius 2 is 1.94 bits per heavy atom. The lowest BCUT2D eigenvalue weighted by Gasteiger charge is -2.16. The van der Waals surface area contributed by atoms with E-state index in [1.54, 1.807) is 14.2 Å². The fourth-order valence-corrected chi connectivity index (χ4v) is 1.89. The van der Waals surface area contributed by atoms with Crippen molar-refractivity contribution in [2.45, 2.75) is 19.8 Å². The van der Waals surface area contributed by atoms with Gasteiger partial charge < -0.3 is 14.8 Å². The van der Waals surface area contributed by atoms with Crippen LogP contribution < -0.4 is 14.8 Å². The fraction of sp³-hybridized carbons (Fsp3) is 0.538. The second-order valence-electron chi connectivity index (χ2n) is 3.65. The van der Waals surface area contributed by atoms with E-state index in [1.807, 2.05) is 13.1 Å². The molecule has 0 atom stereocenters. The summed E-state index contributed by atoms with van der Waals surface area (Å²) in [5.41, 5.74) is 2.58. The summed E-state index contributed by atoms with van der Waals surface area (Å²) >= 11 is 0. The molecule has 0 heterocycles. The molecule has 0 saturated heterocycles. The number of ether oxygens (including phenoxy) is 2. The Hall–Kier alpha value is -1.22. The van der Waals surface area contributed by atoms with Crippen molar-refractivity contribution in [2.75, 3.05) is 27.8 Å². The molecule has 3 nitrogen and oxygen atoms in total. The first-order chi connectivity index (χ1) is 7.78. The van der Waals surface area contributed by atoms with Gasteiger partial charge in [0.05, 0.1) is 14.2 Å². The van der Waals surface area contributed by atoms with Crippen LogP contribution in [0.1, 0.15) is 18.1 Å². The van der Waals surface area contributed by atoms with Crippen molar-refractivity contribution in [3.63, 3.8) is 0 Å². The average Bonchev–Trinajstić information content (AvgIpc) is 2.34. The fourth-order valence-electron chi connectivity index (χ4n) is 1.89. The Kier molecular flexibility index (Phi) is 5.12. The molecule has 1 rings (SSSR count). The van der Waals surface area contributed by atoms with Crippen molar-refractivity contribution < 1.29 is 9.47 Å². The van der Waals surface area contributed by atoms with E-state index in [4.69, 9.17) is 9.47 Å². The predicted octanol–water partition coefficient (Wildman–Crippen LogP) is 2.03. The molecule has 0 bridgehead atoms. The van der Waals surface area contributed by atoms with Gasteiger partial charge in [-0.15, -0.1) is 0 Å². The van der Waals surface area contributed by atoms with Crippen molar-refractivity contribution in [1.82, 2.24) is 5.32 Å². The van der Waals surface area contributed by atoms with Crippen LogP contribution in [0.5, 0.6) is 11.5 Å². The summed E-state index contributed by atoms with van der Waals surface area (Å²) in [5, 5.41) is 3.16. The van der Waals surface area contributed by atoms with E-state index in [9.17, 15) is 0 Å². The number of methoxy groups -OCH3 is 2. The van der Waals surface area contributed by atoms with Gasteiger partial charge in [-0.1, -0.05) is 13.0 Å². The van der Waals surface area contributed by atoms with E-state index < -0.39 is 0 Å². The Bertz CT molecular complexity index is 337. The van der Waals surface area contributed by atoms with Gasteiger partial charge in [0.2, 0.25) is 0 Å². The molecule has 90 valence electrons. The van der Waals surface area contributed by atoms with Crippen molar-refractivity contribution in [1.29, 1.82) is 0 Å². The third-order valence-electron chi connectivity index (χ3n) is 2.75. The predicted molar refractivity (Wildman–Crippen MR) is 66.6 cm³/mol. The minimum Gasteiger partial charge on any atom is -0.493 e. The van der Waals surface area contributed by atoms with Crippen molar-refractivity contribution >= 4 is 0 Å². The number of rotatable bonds is 6. The quantitative estimate of drug-likeness (QED) is 0.800. The van der Waals surface area contributed by atoms with Gasteiger partial charge in [-0.05, 0) is 38.1 Å². The number of aryl methyl sites for hydroxylation is 1. The zero-order chi connectivity index (χ0) is 12.0. The lowest BCUT2D eigenvalue weighted by atomic mass is 10.0. The highest BCUT2D eigenvalue weighted by Gasteiger charge is 2.13. The zero-order valence-electron chi connectivity index (χ0n) is 10.6. The molecule has 0 saturated carbocycles. The molecule has 0 fully saturated rings. The van der Waals surface area contributed by atoms with Gasteiger partial charge in [0.25, 0.3) is 0 Å². The van der Waals surface area contributed by atoms with Crippen LogP contribution in [0.25, 0.3) is 0 Å². The van der Waals surface area contributed by atoms with Gasteiger partial charge in [0.15, 0.2) is 11.5 Å². The molecule has 16 heavy (non-hydrogen) atoms. The molecule has 0 radical (unpaired) electrons. The van der Waals surface area contributed by atoms with E-state index in [-0.39, 0.29) is 0 Å². The van der Waals surface area contributed by atoms with Crippen molar-refractivity contribution in [3.8, 4) is 11.5 Å². The van der Waals surface area contributed by atoms with Gasteiger partial charge in [0, 0.05) is 5.56 Å². The third-order valence-corrected chi connectivity index (χ3v) is 2.75. The van der Waals surface area contributed by atoms with Crippen molar-refractivity contribution in [2.24, 2.45) is 0 Å². The van der Waals surface area contributed by atoms with Crippen LogP contribution in [0.3, 0.4) is 0 Å². The Balaban J connectivity index is 3.14. The second-order valence-corrected chi connectivity index (χ2v) is 3.65. The van der Waals surface area contributed by atoms with Crippen LogP contribution in [-0.4, -0.2) is 27.8 Å². The van der Waals surface area contributed by atoms with E-state index in [0.717, 1.165) is 30.9 Å². The molecule has 0 aliphatic rings. The molecule has 0 amide bonds. The minimum atomic E-state index is 0.811. The maximum atomic E-state index is 5.45. The first-order valence-electron chi connectivity index (χ1n) is 5.65. The van der Waals surface area contributed by atoms with Crippen LogP contribution in [0, 0.1) is 0 Å². The summed E-state index contributed by atoms with van der Waals surface area (Å²) in [6, 6.07) is 4.09. The topological polar surface area (TPSA) is 30.5 Å². The number of hydrogen-bond acceptors (Lipinski definition) is 3. The number of hydrogen-bond donors (Lipinski definition) is 1. The first kappa shape index (κ1) is 12.8. The van der Waals surface area contributed by atoms with Crippen molar-refractivity contribution in [3.05, 3.63) is 23.3 Å². The van der Waals surface area contributed by atoms with Gasteiger partial charge in [-0.2, -0.15) is 0 Å². The van der Waals surface area contributed by atoms with Crippen LogP contribution in [-0.2, 0) is 12.8 Å². The van der Waals surface area contributed by atoms with Gasteiger partial charge >= 0.3 is 0 Å². The summed E-state index contributed by atoms with van der Waals surface area (Å²) in [6.07, 6.45) is 1.97. The highest BCUT2D eigenvalue weighted by atomic mass is 16.5. The summed E-state index contributed by atoms with van der Waals surface area (Å²) in [7, 11) is 5.32. The molecule has 0 aliphatic carbocycles. The van der Waals surface area contributed by atoms with Crippen LogP contribution in [0.2, 0.25) is 0 Å². The minimum absolute atomic E-state index is 0.811. The molecule has 1 aromatic carbocycles. The highest BCUT2D eigenvalue weighted by molar-refractivity contribution is 5.51. The highest BCUT2D eigenvalue weighted by Crippen LogP contribution is 2.33. The molecule has 0 aromatic heterocycles. The first-order valence-corrected chi connectivity index (χ1v) is 5.65. The summed E-state index contributed by atoms with van der Waals surface area (Å²) in [6.45, 7) is 3.10. The molecule has 0 spiro atoms. The average molecular weight is 223 g/mol. The monoisotopic (exact) mass is 223 g/mol. The zero-order valence-corrected chi connectivity index (χ0v) is 10.6. The number of benzene rings is 1. The maximum absolute atomic E-state index is 5.45. The third kappa shape index (κ3) is 2.67. The Labute approximate surface area is 97.8 Å². The number of likely N-dealkylation sites (N-methyl/N-ethyl adjacent to an activating group) is 1. The van der Waals surface area contributed by atoms with Crippen LogP contribution >= 0.6 is 0 Å². The standard InChI is InChI=1S/C13H21NO2/c1-5-10-6-7-12(15-3)13(16-4)11(10)8-9-14-2/h6-7,14H,5,8-9H2,1-4H3. The second kappa shape index (κ2) is 6.38. The molecular formula is C13H21NO2. The maximum Gasteiger partial charge on any atom is 0.164 e. The summed E-state index contributed by atoms with van der Waals surface area (Å²) < 4.78 is 10.8. The van der Waals surface area contributed by atoms with Gasteiger partial charge in [0.1, 0.15) is 0 Å². The largest absolute Gasteiger partial charge is 0.493 e. The van der Waals surface area contributed by atoms with E-state index in [0.29, 0.717) is 0 Å². The van der Waals surface area contributed by atoms with Crippen LogP contribution in [0.4, 0.5) is 0 Å². The molecule has 0 aliphatic heterocycles. The lowest BCUT2D eigenvalue weighted by Crippen LogP contribution is -2.12. The normalized spacial score (nSPS) is 10.2. The van der Waals surface area contributed by atoms with E-state index >= 15 is 0 Å². The van der Waals surface area contributed by atoms with Crippen LogP contribution in [0.15, 0.2) is 12.1 Å². The lowest BCUT2D eigenvalue weighted by molar-refractivity contribution is 0.351. The molecular weight excluding hydrogens is 202 g/mol. The Morgan fingerprint density at radius 1 is 1.19 bits per heavy atom. The van der Waals surface area contributed by atoms with Gasteiger partial charge in [-0.3, -0.25) is 0 Å². The molecule has 0 unspecified atom stereocenters. The van der Waals surface area contributed by atoms with E-state index in [2.05, 4.69) is 18.3 Å².